The second kappa shape index (κ2) is 9.17. The predicted molar refractivity (Wildman–Crippen MR) is 94.0 cm³/mol. The maximum atomic E-state index is 13.4. The highest BCUT2D eigenvalue weighted by molar-refractivity contribution is 9.10. The van der Waals surface area contributed by atoms with E-state index < -0.39 is 0 Å². The monoisotopic (exact) mass is 392 g/mol. The Bertz CT molecular complexity index is 704. The SMILES string of the molecule is O=C(CNC(=O)Cc1ccc(Br)cc1)NCCc1ccccc1F. The Morgan fingerprint density at radius 2 is 1.67 bits per heavy atom. The molecule has 0 aromatic heterocycles. The molecule has 0 aliphatic carbocycles. The fourth-order valence-electron chi connectivity index (χ4n) is 2.13. The van der Waals surface area contributed by atoms with E-state index in [1.807, 2.05) is 24.3 Å². The van der Waals surface area contributed by atoms with Gasteiger partial charge in [0.2, 0.25) is 11.8 Å². The quantitative estimate of drug-likeness (QED) is 0.760. The number of benzene rings is 2. The van der Waals surface area contributed by atoms with Crippen molar-refractivity contribution in [1.29, 1.82) is 0 Å². The molecular formula is C18H18BrFN2O2. The van der Waals surface area contributed by atoms with Gasteiger partial charge in [0.25, 0.3) is 0 Å². The van der Waals surface area contributed by atoms with Crippen molar-refractivity contribution in [3.05, 3.63) is 69.9 Å². The van der Waals surface area contributed by atoms with Crippen LogP contribution in [0.15, 0.2) is 53.0 Å². The minimum Gasteiger partial charge on any atom is -0.354 e. The summed E-state index contributed by atoms with van der Waals surface area (Å²) in [6.45, 7) is 0.231. The minimum atomic E-state index is -0.296. The fourth-order valence-corrected chi connectivity index (χ4v) is 2.39. The smallest absolute Gasteiger partial charge is 0.239 e. The first kappa shape index (κ1) is 18.1. The maximum Gasteiger partial charge on any atom is 0.239 e. The van der Waals surface area contributed by atoms with E-state index >= 15 is 0 Å². The van der Waals surface area contributed by atoms with Crippen LogP contribution in [0.2, 0.25) is 0 Å². The van der Waals surface area contributed by atoms with Gasteiger partial charge in [-0.25, -0.2) is 4.39 Å². The molecule has 2 rings (SSSR count). The van der Waals surface area contributed by atoms with Gasteiger partial charge in [-0.05, 0) is 35.7 Å². The van der Waals surface area contributed by atoms with Crippen molar-refractivity contribution < 1.29 is 14.0 Å². The average Bonchev–Trinajstić information content (AvgIpc) is 2.57. The van der Waals surface area contributed by atoms with Gasteiger partial charge in [-0.1, -0.05) is 46.3 Å². The number of hydrogen-bond acceptors (Lipinski definition) is 2. The number of carbonyl (C=O) groups is 2. The van der Waals surface area contributed by atoms with Crippen LogP contribution in [0.4, 0.5) is 4.39 Å². The Morgan fingerprint density at radius 3 is 2.38 bits per heavy atom. The largest absolute Gasteiger partial charge is 0.354 e. The molecule has 0 radical (unpaired) electrons. The van der Waals surface area contributed by atoms with E-state index in [9.17, 15) is 14.0 Å². The summed E-state index contributed by atoms with van der Waals surface area (Å²) < 4.78 is 14.4. The first-order chi connectivity index (χ1) is 11.5. The molecular weight excluding hydrogens is 375 g/mol. The van der Waals surface area contributed by atoms with Crippen molar-refractivity contribution in [1.82, 2.24) is 10.6 Å². The first-order valence-corrected chi connectivity index (χ1v) is 8.35. The van der Waals surface area contributed by atoms with Crippen LogP contribution in [-0.4, -0.2) is 24.9 Å². The van der Waals surface area contributed by atoms with Gasteiger partial charge < -0.3 is 10.6 Å². The second-order valence-corrected chi connectivity index (χ2v) is 6.19. The highest BCUT2D eigenvalue weighted by Crippen LogP contribution is 2.10. The van der Waals surface area contributed by atoms with Crippen LogP contribution in [0.3, 0.4) is 0 Å². The normalized spacial score (nSPS) is 10.2. The summed E-state index contributed by atoms with van der Waals surface area (Å²) in [5.41, 5.74) is 1.42. The summed E-state index contributed by atoms with van der Waals surface area (Å²) in [4.78, 5) is 23.5. The molecule has 0 aliphatic heterocycles. The van der Waals surface area contributed by atoms with Gasteiger partial charge in [-0.15, -0.1) is 0 Å². The van der Waals surface area contributed by atoms with Crippen LogP contribution in [-0.2, 0) is 22.4 Å². The summed E-state index contributed by atoms with van der Waals surface area (Å²) in [7, 11) is 0. The Morgan fingerprint density at radius 1 is 0.958 bits per heavy atom. The zero-order valence-corrected chi connectivity index (χ0v) is 14.6. The van der Waals surface area contributed by atoms with Gasteiger partial charge in [0.15, 0.2) is 0 Å². The standard InChI is InChI=1S/C18H18BrFN2O2/c19-15-7-5-13(6-8-15)11-17(23)22-12-18(24)21-10-9-14-3-1-2-4-16(14)20/h1-8H,9-12H2,(H,21,24)(H,22,23). The summed E-state index contributed by atoms with van der Waals surface area (Å²) in [5, 5.41) is 5.23. The lowest BCUT2D eigenvalue weighted by atomic mass is 10.1. The van der Waals surface area contributed by atoms with Gasteiger partial charge in [0, 0.05) is 11.0 Å². The van der Waals surface area contributed by atoms with Gasteiger partial charge in [0.05, 0.1) is 13.0 Å². The molecule has 2 aromatic carbocycles. The number of halogens is 2. The molecule has 2 amide bonds. The molecule has 0 unspecified atom stereocenters. The summed E-state index contributed by atoms with van der Waals surface area (Å²) >= 11 is 3.33. The van der Waals surface area contributed by atoms with Crippen LogP contribution in [0, 0.1) is 5.82 Å². The molecule has 0 bridgehead atoms. The highest BCUT2D eigenvalue weighted by atomic mass is 79.9. The lowest BCUT2D eigenvalue weighted by Gasteiger charge is -2.08. The number of rotatable bonds is 7. The topological polar surface area (TPSA) is 58.2 Å². The third-order valence-electron chi connectivity index (χ3n) is 3.40. The van der Waals surface area contributed by atoms with Gasteiger partial charge >= 0.3 is 0 Å². The van der Waals surface area contributed by atoms with E-state index in [-0.39, 0.29) is 30.6 Å². The number of amides is 2. The van der Waals surface area contributed by atoms with E-state index in [4.69, 9.17) is 0 Å². The summed E-state index contributed by atoms with van der Waals surface area (Å²) in [6.07, 6.45) is 0.626. The van der Waals surface area contributed by atoms with E-state index in [1.165, 1.54) is 6.07 Å². The van der Waals surface area contributed by atoms with Crippen molar-refractivity contribution in [2.24, 2.45) is 0 Å². The third-order valence-corrected chi connectivity index (χ3v) is 3.93. The minimum absolute atomic E-state index is 0.0906. The molecule has 0 heterocycles. The predicted octanol–water partition coefficient (Wildman–Crippen LogP) is 2.61. The Hall–Kier alpha value is -2.21. The second-order valence-electron chi connectivity index (χ2n) is 5.27. The number of carbonyl (C=O) groups excluding carboxylic acids is 2. The fraction of sp³-hybridized carbons (Fsp3) is 0.222. The van der Waals surface area contributed by atoms with Crippen LogP contribution in [0.1, 0.15) is 11.1 Å². The van der Waals surface area contributed by atoms with Crippen LogP contribution in [0.5, 0.6) is 0 Å². The summed E-state index contributed by atoms with van der Waals surface area (Å²) in [5.74, 6) is -0.799. The molecule has 6 heteroatoms. The zero-order valence-electron chi connectivity index (χ0n) is 13.0. The molecule has 0 saturated heterocycles. The van der Waals surface area contributed by atoms with Gasteiger partial charge in [-0.3, -0.25) is 9.59 Å². The molecule has 0 aliphatic rings. The Kier molecular flexibility index (Phi) is 6.93. The van der Waals surface area contributed by atoms with Crippen molar-refractivity contribution >= 4 is 27.7 Å². The molecule has 126 valence electrons. The first-order valence-electron chi connectivity index (χ1n) is 7.56. The van der Waals surface area contributed by atoms with E-state index in [2.05, 4.69) is 26.6 Å². The maximum absolute atomic E-state index is 13.4. The average molecular weight is 393 g/mol. The molecule has 0 spiro atoms. The lowest BCUT2D eigenvalue weighted by molar-refractivity contribution is -0.125. The highest BCUT2D eigenvalue weighted by Gasteiger charge is 2.07. The molecule has 0 fully saturated rings. The van der Waals surface area contributed by atoms with Crippen LogP contribution < -0.4 is 10.6 Å². The van der Waals surface area contributed by atoms with E-state index in [1.54, 1.807) is 18.2 Å². The van der Waals surface area contributed by atoms with Gasteiger partial charge in [-0.2, -0.15) is 0 Å². The number of nitrogens with one attached hydrogen (secondary N) is 2. The van der Waals surface area contributed by atoms with E-state index in [0.717, 1.165) is 10.0 Å². The van der Waals surface area contributed by atoms with Crippen molar-refractivity contribution in [3.8, 4) is 0 Å². The molecule has 0 atom stereocenters. The molecule has 4 nitrogen and oxygen atoms in total. The zero-order chi connectivity index (χ0) is 17.4. The van der Waals surface area contributed by atoms with Crippen molar-refractivity contribution in [2.75, 3.05) is 13.1 Å². The van der Waals surface area contributed by atoms with Crippen LogP contribution >= 0.6 is 15.9 Å². The Labute approximate surface area is 148 Å². The van der Waals surface area contributed by atoms with Crippen molar-refractivity contribution in [3.63, 3.8) is 0 Å². The molecule has 24 heavy (non-hydrogen) atoms. The lowest BCUT2D eigenvalue weighted by Crippen LogP contribution is -2.38. The van der Waals surface area contributed by atoms with Crippen molar-refractivity contribution in [2.45, 2.75) is 12.8 Å². The third kappa shape index (κ3) is 6.12. The Balaban J connectivity index is 1.66. The molecule has 0 saturated carbocycles. The number of hydrogen-bond donors (Lipinski definition) is 2. The van der Waals surface area contributed by atoms with Crippen LogP contribution in [0.25, 0.3) is 0 Å². The van der Waals surface area contributed by atoms with Gasteiger partial charge in [0.1, 0.15) is 5.82 Å². The van der Waals surface area contributed by atoms with E-state index in [0.29, 0.717) is 18.5 Å². The molecule has 2 N–H and O–H groups in total. The summed E-state index contributed by atoms with van der Waals surface area (Å²) in [6, 6.07) is 13.9. The molecule has 2 aromatic rings.